The number of likely N-dealkylation sites (tertiary alicyclic amines) is 5. The fourth-order valence-electron chi connectivity index (χ4n) is 20.8. The number of rotatable bonds is 37. The van der Waals surface area contributed by atoms with Gasteiger partial charge in [0.2, 0.25) is 27.2 Å². The Kier molecular flexibility index (Phi) is 43.9. The number of hydrogen-bond acceptors (Lipinski definition) is 36. The fraction of sp³-hybridized carbons (Fsp3) is 0.575. The third kappa shape index (κ3) is 34.2. The highest BCUT2D eigenvalue weighted by atomic mass is 19.1. The first kappa shape index (κ1) is 115. The van der Waals surface area contributed by atoms with E-state index < -0.39 is 127 Å². The van der Waals surface area contributed by atoms with E-state index in [4.69, 9.17) is 72.2 Å². The van der Waals surface area contributed by atoms with E-state index in [1.54, 1.807) is 79.4 Å². The summed E-state index contributed by atoms with van der Waals surface area (Å²) in [5, 5.41) is 60.8. The molecule has 44 heteroatoms. The number of amides is 3. The molecule has 3 amide bonds. The van der Waals surface area contributed by atoms with Gasteiger partial charge in [0.1, 0.15) is 80.0 Å². The van der Waals surface area contributed by atoms with Crippen molar-refractivity contribution >= 4 is 111 Å². The van der Waals surface area contributed by atoms with Crippen molar-refractivity contribution in [1.82, 2.24) is 24.5 Å². The fourth-order valence-corrected chi connectivity index (χ4v) is 20.8. The standard InChI is InChI=1S/C31H44BNO9.C26H34BN3O7.C25H34BNO8.C24H24BFN2O8/c1-22(34)7-6-16-39-27-12-14-33(15-13-27)20-26(35)19-25-18-24-10-5-11-28(30(24)42-32(25)38)31(37)41-21-40-29(36)17-23-8-3-2-4-9-23;28-9-14-29-12-7-19(8-13-29)15-22(31)17-21-16-20-5-4-6-23(24(20)37-27(21)34)25(32)35-18-36-26(33)30-10-2-1-3-11-30;28-20-9-11-27(12-10-20)15-21(29)14-19-13-18-7-4-8-22(23(18)35-26(19)32)25(31)34-16-33-24(30)17-5-2-1-3-6-17;1-13-5-6-17(19(26)7-13)22(30)34-12-35-23(31)18-4-2-3-14-8-16(25(33)36-21(14)18)9-20(29)15-10-28(11-15)24(27)32/h5,10-11,23,25,27,38H,2-4,6-9,12-21H2,1H3;4-6,19,21,34H,1-3,7-8,10-18H2;4,7-8,17,19-20,28,32H,1-3,5-6,9-16H2;2-7,15-16,33H,8-12H2,1H3,(H2,27,32)/t25-;21-;19-;16-/m1111/s1. The number of para-hydroxylation sites is 4. The van der Waals surface area contributed by atoms with Crippen LogP contribution in [0.1, 0.15) is 260 Å². The number of nitrogens with zero attached hydrogens (tertiary/aromatic N) is 6. The van der Waals surface area contributed by atoms with Gasteiger partial charge in [-0.2, -0.15) is 5.26 Å². The molecule has 0 unspecified atom stereocenters. The van der Waals surface area contributed by atoms with Crippen LogP contribution in [-0.4, -0.2) is 292 Å². The van der Waals surface area contributed by atoms with Gasteiger partial charge in [-0.05, 0) is 219 Å². The molecule has 7 N–H and O–H groups in total. The molecule has 0 spiro atoms. The number of benzene rings is 5. The number of halogens is 1. The van der Waals surface area contributed by atoms with Crippen LogP contribution in [0.4, 0.5) is 14.0 Å². The molecular weight excluding hydrogens is 1950 g/mol. The van der Waals surface area contributed by atoms with E-state index in [0.717, 1.165) is 135 Å². The van der Waals surface area contributed by atoms with Gasteiger partial charge in [-0.3, -0.25) is 43.5 Å². The normalized spacial score (nSPS) is 19.7. The number of esters is 7. The number of nitrogens with two attached hydrogens (primary N) is 1. The first-order chi connectivity index (χ1) is 72.3. The Morgan fingerprint density at radius 3 is 1.29 bits per heavy atom. The third-order valence-corrected chi connectivity index (χ3v) is 29.4. The number of hydrogen-bond donors (Lipinski definition) is 6. The van der Waals surface area contributed by atoms with Gasteiger partial charge in [0.15, 0.2) is 0 Å². The highest BCUT2D eigenvalue weighted by molar-refractivity contribution is 6.48. The molecule has 150 heavy (non-hydrogen) atoms. The average Bonchev–Trinajstić information content (AvgIpc) is 0.798. The van der Waals surface area contributed by atoms with Crippen LogP contribution in [0.3, 0.4) is 0 Å². The van der Waals surface area contributed by atoms with Gasteiger partial charge in [-0.25, -0.2) is 38.0 Å². The van der Waals surface area contributed by atoms with Crippen molar-refractivity contribution in [2.24, 2.45) is 29.4 Å². The molecule has 5 aromatic rings. The van der Waals surface area contributed by atoms with Crippen molar-refractivity contribution in [2.45, 2.75) is 248 Å². The van der Waals surface area contributed by atoms with Crippen molar-refractivity contribution in [3.8, 4) is 29.1 Å². The summed E-state index contributed by atoms with van der Waals surface area (Å²) >= 11 is 0. The van der Waals surface area contributed by atoms with Crippen LogP contribution in [-0.2, 0) is 102 Å². The van der Waals surface area contributed by atoms with Gasteiger partial charge in [0, 0.05) is 127 Å². The zero-order chi connectivity index (χ0) is 107. The quantitative estimate of drug-likeness (QED) is 0.00537. The van der Waals surface area contributed by atoms with Crippen LogP contribution in [0.25, 0.3) is 0 Å². The highest BCUT2D eigenvalue weighted by Crippen LogP contribution is 2.43. The molecule has 0 aromatic heterocycles. The van der Waals surface area contributed by atoms with Crippen molar-refractivity contribution in [2.75, 3.05) is 119 Å². The maximum Gasteiger partial charge on any atom is 0.526 e. The first-order valence-corrected chi connectivity index (χ1v) is 52.4. The number of carbonyl (C=O) groups excluding carboxylic acids is 14. The molecule has 5 aromatic carbocycles. The number of ketones is 5. The second kappa shape index (κ2) is 57.3. The van der Waals surface area contributed by atoms with Gasteiger partial charge in [-0.15, -0.1) is 0 Å². The Labute approximate surface area is 872 Å². The van der Waals surface area contributed by atoms with Crippen molar-refractivity contribution in [1.29, 1.82) is 5.26 Å². The topological polar surface area (TPSA) is 526 Å². The van der Waals surface area contributed by atoms with Gasteiger partial charge >= 0.3 is 82.4 Å². The predicted molar refractivity (Wildman–Crippen MR) is 539 cm³/mol. The molecule has 806 valence electrons. The van der Waals surface area contributed by atoms with Crippen LogP contribution in [0, 0.1) is 47.7 Å². The maximum absolute atomic E-state index is 13.9. The molecule has 0 radical (unpaired) electrons. The molecule has 2 saturated carbocycles. The number of aryl methyl sites for hydroxylation is 1. The SMILES string of the molecule is CC(=O)CCCOC1CCN(CC(=O)C[C@H]2Cc3cccc(C(=O)OCOC(=O)CC4CCCCC4)c3OB2O)CC1.Cc1ccc(C(=O)OCOC(=O)c2cccc3c2OB(O)[C@@H](CC(=O)C2CN(C(N)=O)C2)C3)c(F)c1.N#CCN1CCC(CC(=O)C[C@H]2Cc3cccc(C(=O)OCOC(=O)N4CCCCC4)c3OB2O)CC1.O=C(C[C@H]1Cc2cccc(C(=O)OCOC(=O)C3CCCCC3)c2OB1O)CN1CCC(O)CC1. The Morgan fingerprint density at radius 1 is 0.433 bits per heavy atom. The minimum atomic E-state index is -1.34. The van der Waals surface area contributed by atoms with Crippen LogP contribution in [0.5, 0.6) is 23.0 Å². The molecular formula is C106H136B4FN7O32. The number of ether oxygens (including phenoxy) is 9. The minimum absolute atomic E-state index is 0.00462. The Morgan fingerprint density at radius 2 is 0.840 bits per heavy atom. The Balaban J connectivity index is 0.000000167. The monoisotopic (exact) mass is 2080 g/mol. The van der Waals surface area contributed by atoms with E-state index in [0.29, 0.717) is 137 Å². The summed E-state index contributed by atoms with van der Waals surface area (Å²) < 4.78 is 83.1. The second-order valence-corrected chi connectivity index (χ2v) is 40.7. The van der Waals surface area contributed by atoms with Gasteiger partial charge in [0.05, 0.1) is 55.3 Å². The predicted octanol–water partition coefficient (Wildman–Crippen LogP) is 10.7. The number of piperidine rings is 4. The van der Waals surface area contributed by atoms with E-state index in [2.05, 4.69) is 15.9 Å². The summed E-state index contributed by atoms with van der Waals surface area (Å²) in [6.07, 6.45) is 21.4. The zero-order valence-electron chi connectivity index (χ0n) is 85.3. The summed E-state index contributed by atoms with van der Waals surface area (Å²) in [4.78, 5) is 181. The number of Topliss-reactive ketones (excluding diaryl/α,β-unsaturated/α-hetero) is 5. The Bertz CT molecular complexity index is 5560. The molecule has 0 bridgehead atoms. The van der Waals surface area contributed by atoms with Crippen molar-refractivity contribution < 1.29 is 158 Å². The lowest BCUT2D eigenvalue weighted by atomic mass is 9.63. The zero-order valence-corrected chi connectivity index (χ0v) is 85.3. The van der Waals surface area contributed by atoms with Gasteiger partial charge in [-0.1, -0.05) is 93.1 Å². The average molecular weight is 2080 g/mol. The maximum atomic E-state index is 13.9. The molecule has 9 heterocycles. The highest BCUT2D eigenvalue weighted by Gasteiger charge is 2.46. The lowest BCUT2D eigenvalue weighted by Crippen LogP contribution is -2.55. The number of urea groups is 1. The summed E-state index contributed by atoms with van der Waals surface area (Å²) in [6.45, 7) is 8.96. The van der Waals surface area contributed by atoms with Crippen molar-refractivity contribution in [3.63, 3.8) is 0 Å². The minimum Gasteiger partial charge on any atom is -0.535 e. The summed E-state index contributed by atoms with van der Waals surface area (Å²) in [7, 11) is -5.03. The van der Waals surface area contributed by atoms with Crippen LogP contribution in [0.2, 0.25) is 23.3 Å². The molecule has 5 saturated heterocycles. The Hall–Kier alpha value is -12.2. The molecule has 7 fully saturated rings. The van der Waals surface area contributed by atoms with Crippen LogP contribution in [0.15, 0.2) is 91.0 Å². The molecule has 2 aliphatic carbocycles. The summed E-state index contributed by atoms with van der Waals surface area (Å²) in [5.41, 5.74) is 8.69. The molecule has 9 aliphatic heterocycles. The van der Waals surface area contributed by atoms with E-state index in [1.807, 2.05) is 4.90 Å². The molecule has 16 rings (SSSR count). The number of fused-ring (bicyclic) bond motifs is 4. The van der Waals surface area contributed by atoms with E-state index in [1.165, 1.54) is 41.7 Å². The molecule has 4 atom stereocenters. The smallest absolute Gasteiger partial charge is 0.526 e. The van der Waals surface area contributed by atoms with E-state index >= 15 is 0 Å². The third-order valence-electron chi connectivity index (χ3n) is 29.4. The van der Waals surface area contributed by atoms with Crippen LogP contribution < -0.4 is 24.4 Å². The van der Waals surface area contributed by atoms with E-state index in [-0.39, 0.29) is 167 Å². The largest absolute Gasteiger partial charge is 0.535 e. The number of aliphatic hydroxyl groups is 1. The number of carbonyl (C=O) groups is 14. The van der Waals surface area contributed by atoms with E-state index in [9.17, 15) is 96.7 Å². The lowest BCUT2D eigenvalue weighted by Gasteiger charge is -2.38. The summed E-state index contributed by atoms with van der Waals surface area (Å²) in [6, 6.07) is 25.4. The molecule has 11 aliphatic rings. The van der Waals surface area contributed by atoms with Crippen molar-refractivity contribution in [3.05, 3.63) is 152 Å². The summed E-state index contributed by atoms with van der Waals surface area (Å²) in [5.74, 6) is -6.08. The van der Waals surface area contributed by atoms with Gasteiger partial charge < -0.3 is 107 Å². The number of nitriles is 1. The lowest BCUT2D eigenvalue weighted by molar-refractivity contribution is -0.158. The van der Waals surface area contributed by atoms with Gasteiger partial charge in [0.25, 0.3) is 0 Å². The van der Waals surface area contributed by atoms with Crippen LogP contribution >= 0.6 is 0 Å². The molecule has 39 nitrogen and oxygen atoms in total. The number of primary amides is 1. The first-order valence-electron chi connectivity index (χ1n) is 52.4. The number of aliphatic hydroxyl groups excluding tert-OH is 1. The second-order valence-electron chi connectivity index (χ2n) is 40.7.